The van der Waals surface area contributed by atoms with Crippen molar-refractivity contribution in [3.05, 3.63) is 53.6 Å². The Kier molecular flexibility index (Phi) is 6.78. The Hall–Kier alpha value is -2.40. The van der Waals surface area contributed by atoms with Crippen LogP contribution in [0.3, 0.4) is 0 Å². The third-order valence-corrected chi connectivity index (χ3v) is 9.17. The van der Waals surface area contributed by atoms with Gasteiger partial charge in [0.25, 0.3) is 5.91 Å². The number of amides is 1. The number of nitrogens with one attached hydrogen (secondary N) is 1. The van der Waals surface area contributed by atoms with Crippen LogP contribution >= 0.6 is 0 Å². The number of carbonyl (C=O) groups is 1. The zero-order valence-electron chi connectivity index (χ0n) is 21.3. The maximum absolute atomic E-state index is 13.1. The molecule has 2 aliphatic rings. The number of benzene rings is 2. The van der Waals surface area contributed by atoms with Gasteiger partial charge < -0.3 is 19.5 Å². The summed E-state index contributed by atoms with van der Waals surface area (Å²) in [5, 5.41) is 2.70. The lowest BCUT2D eigenvalue weighted by Gasteiger charge is -2.36. The minimum absolute atomic E-state index is 0.199. The highest BCUT2D eigenvalue weighted by Crippen LogP contribution is 2.37. The minimum Gasteiger partial charge on any atom is -0.399 e. The lowest BCUT2D eigenvalue weighted by atomic mass is 9.78. The second-order valence-electron chi connectivity index (χ2n) is 10.1. The Labute approximate surface area is 208 Å². The molecule has 10 heteroatoms. The Morgan fingerprint density at radius 1 is 0.943 bits per heavy atom. The first kappa shape index (κ1) is 25.7. The van der Waals surface area contributed by atoms with Crippen molar-refractivity contribution < 1.29 is 22.5 Å². The number of rotatable bonds is 5. The van der Waals surface area contributed by atoms with Gasteiger partial charge in [0, 0.05) is 38.9 Å². The second kappa shape index (κ2) is 9.24. The van der Waals surface area contributed by atoms with E-state index in [4.69, 9.17) is 9.31 Å². The van der Waals surface area contributed by atoms with Gasteiger partial charge in [-0.3, -0.25) is 4.79 Å². The Morgan fingerprint density at radius 3 is 2.06 bits per heavy atom. The number of hydrogen-bond acceptors (Lipinski definition) is 6. The molecule has 188 valence electrons. The summed E-state index contributed by atoms with van der Waals surface area (Å²) in [4.78, 5) is 15.0. The van der Waals surface area contributed by atoms with Crippen LogP contribution < -0.4 is 15.7 Å². The van der Waals surface area contributed by atoms with Gasteiger partial charge in [0.05, 0.1) is 21.7 Å². The molecule has 2 aromatic carbocycles. The molecule has 2 saturated heterocycles. The van der Waals surface area contributed by atoms with Crippen molar-refractivity contribution in [2.24, 2.45) is 0 Å². The van der Waals surface area contributed by atoms with Crippen LogP contribution in [0, 0.1) is 6.92 Å². The van der Waals surface area contributed by atoms with E-state index in [1.165, 1.54) is 4.31 Å². The van der Waals surface area contributed by atoms with E-state index in [-0.39, 0.29) is 5.91 Å². The molecule has 1 amide bonds. The van der Waals surface area contributed by atoms with Crippen LogP contribution in [0.1, 0.15) is 43.6 Å². The monoisotopic (exact) mass is 499 g/mol. The highest BCUT2D eigenvalue weighted by Gasteiger charge is 2.51. The van der Waals surface area contributed by atoms with Crippen molar-refractivity contribution in [3.63, 3.8) is 0 Å². The quantitative estimate of drug-likeness (QED) is 0.635. The Morgan fingerprint density at radius 2 is 1.51 bits per heavy atom. The summed E-state index contributed by atoms with van der Waals surface area (Å²) in [5.41, 5.74) is 2.14. The largest absolute Gasteiger partial charge is 0.494 e. The van der Waals surface area contributed by atoms with Crippen LogP contribution in [0.25, 0.3) is 0 Å². The molecule has 0 spiro atoms. The maximum atomic E-state index is 13.1. The summed E-state index contributed by atoms with van der Waals surface area (Å²) in [6.45, 7) is 11.5. The molecule has 35 heavy (non-hydrogen) atoms. The van der Waals surface area contributed by atoms with Crippen LogP contribution in [-0.4, -0.2) is 70.2 Å². The van der Waals surface area contributed by atoms with Crippen LogP contribution in [0.2, 0.25) is 0 Å². The van der Waals surface area contributed by atoms with E-state index in [9.17, 15) is 13.2 Å². The topological polar surface area (TPSA) is 88.2 Å². The first-order valence-corrected chi connectivity index (χ1v) is 13.3. The number of carbonyl (C=O) groups excluding carboxylic acids is 1. The molecule has 0 bridgehead atoms. The van der Waals surface area contributed by atoms with Gasteiger partial charge in [-0.25, -0.2) is 8.42 Å². The SMILES string of the molecule is CNC(=O)c1ccc(B2OC(C)(C)C(C)(C)O2)cc1N1CCN(S(=O)(=O)c2ccc(C)cc2)CC1. The van der Waals surface area contributed by atoms with Crippen molar-refractivity contribution in [2.45, 2.75) is 50.7 Å². The van der Waals surface area contributed by atoms with E-state index in [0.29, 0.717) is 36.6 Å². The average molecular weight is 499 g/mol. The van der Waals surface area contributed by atoms with E-state index >= 15 is 0 Å². The lowest BCUT2D eigenvalue weighted by molar-refractivity contribution is 0.00578. The van der Waals surface area contributed by atoms with Gasteiger partial charge in [-0.1, -0.05) is 23.8 Å². The summed E-state index contributed by atoms with van der Waals surface area (Å²) in [5.74, 6) is -0.199. The molecule has 2 heterocycles. The second-order valence-corrected chi connectivity index (χ2v) is 12.1. The number of aryl methyl sites for hydroxylation is 1. The van der Waals surface area contributed by atoms with Crippen molar-refractivity contribution in [1.82, 2.24) is 9.62 Å². The molecule has 2 aliphatic heterocycles. The van der Waals surface area contributed by atoms with Crippen molar-refractivity contribution in [3.8, 4) is 0 Å². The Balaban J connectivity index is 1.58. The number of sulfonamides is 1. The van der Waals surface area contributed by atoms with Gasteiger partial charge in [-0.2, -0.15) is 4.31 Å². The highest BCUT2D eigenvalue weighted by molar-refractivity contribution is 7.89. The van der Waals surface area contributed by atoms with Crippen LogP contribution in [0.5, 0.6) is 0 Å². The lowest BCUT2D eigenvalue weighted by Crippen LogP contribution is -2.49. The number of piperazine rings is 1. The molecule has 0 radical (unpaired) electrons. The summed E-state index contributed by atoms with van der Waals surface area (Å²) >= 11 is 0. The molecule has 0 aromatic heterocycles. The van der Waals surface area contributed by atoms with Gasteiger partial charge in [0.15, 0.2) is 0 Å². The molecule has 0 atom stereocenters. The third-order valence-electron chi connectivity index (χ3n) is 7.26. The maximum Gasteiger partial charge on any atom is 0.494 e. The van der Waals surface area contributed by atoms with Crippen LogP contribution in [-0.2, 0) is 19.3 Å². The van der Waals surface area contributed by atoms with Crippen molar-refractivity contribution in [1.29, 1.82) is 0 Å². The Bertz CT molecular complexity index is 1190. The third kappa shape index (κ3) is 4.85. The van der Waals surface area contributed by atoms with Crippen LogP contribution in [0.15, 0.2) is 47.4 Å². The summed E-state index contributed by atoms with van der Waals surface area (Å²) in [7, 11) is -2.53. The molecule has 4 rings (SSSR count). The molecule has 8 nitrogen and oxygen atoms in total. The zero-order chi connectivity index (χ0) is 25.6. The van der Waals surface area contributed by atoms with E-state index in [0.717, 1.165) is 16.7 Å². The van der Waals surface area contributed by atoms with E-state index in [1.807, 2.05) is 46.8 Å². The first-order chi connectivity index (χ1) is 16.4. The summed E-state index contributed by atoms with van der Waals surface area (Å²) < 4.78 is 40.2. The first-order valence-electron chi connectivity index (χ1n) is 11.9. The fourth-order valence-electron chi connectivity index (χ4n) is 4.29. The molecule has 0 saturated carbocycles. The number of hydrogen-bond donors (Lipinski definition) is 1. The molecule has 2 fully saturated rings. The normalized spacial score (nSPS) is 20.2. The van der Waals surface area contributed by atoms with Gasteiger partial charge in [0.1, 0.15) is 0 Å². The zero-order valence-corrected chi connectivity index (χ0v) is 22.1. The molecular formula is C25H34BN3O5S. The average Bonchev–Trinajstić information content (AvgIpc) is 3.05. The van der Waals surface area contributed by atoms with E-state index < -0.39 is 28.3 Å². The summed E-state index contributed by atoms with van der Waals surface area (Å²) in [6, 6.07) is 12.5. The number of anilines is 1. The van der Waals surface area contributed by atoms with Crippen LogP contribution in [0.4, 0.5) is 5.69 Å². The van der Waals surface area contributed by atoms with Crippen molar-refractivity contribution >= 4 is 34.2 Å². The smallest absolute Gasteiger partial charge is 0.399 e. The predicted octanol–water partition coefficient (Wildman–Crippen LogP) is 2.16. The molecule has 1 N–H and O–H groups in total. The molecule has 2 aromatic rings. The predicted molar refractivity (Wildman–Crippen MR) is 138 cm³/mol. The number of nitrogens with zero attached hydrogens (tertiary/aromatic N) is 2. The molecule has 0 unspecified atom stereocenters. The van der Waals surface area contributed by atoms with E-state index in [1.54, 1.807) is 37.4 Å². The fourth-order valence-corrected chi connectivity index (χ4v) is 5.71. The molecule has 0 aliphatic carbocycles. The van der Waals surface area contributed by atoms with Gasteiger partial charge in [-0.15, -0.1) is 0 Å². The standard InChI is InChI=1S/C25H34BN3O5S/c1-18-7-10-20(11-8-18)35(31,32)29-15-13-28(14-16-29)22-17-19(9-12-21(22)23(30)27-6)26-33-24(2,3)25(4,5)34-26/h7-12,17H,13-16H2,1-6H3,(H,27,30). The van der Waals surface area contributed by atoms with Crippen molar-refractivity contribution in [2.75, 3.05) is 38.1 Å². The van der Waals surface area contributed by atoms with E-state index in [2.05, 4.69) is 10.2 Å². The van der Waals surface area contributed by atoms with Gasteiger partial charge in [-0.05, 0) is 64.3 Å². The fraction of sp³-hybridized carbons (Fsp3) is 0.480. The highest BCUT2D eigenvalue weighted by atomic mass is 32.2. The molecular weight excluding hydrogens is 465 g/mol. The summed E-state index contributed by atoms with van der Waals surface area (Å²) in [6.07, 6.45) is 0. The van der Waals surface area contributed by atoms with Gasteiger partial charge in [0.2, 0.25) is 10.0 Å². The van der Waals surface area contributed by atoms with Gasteiger partial charge >= 0.3 is 7.12 Å². The minimum atomic E-state index is -3.58.